The number of benzene rings is 1. The predicted molar refractivity (Wildman–Crippen MR) is 105 cm³/mol. The van der Waals surface area contributed by atoms with E-state index < -0.39 is 5.76 Å². The van der Waals surface area contributed by atoms with Gasteiger partial charge < -0.3 is 11.1 Å². The normalized spacial score (nSPS) is 11.1. The second-order valence-corrected chi connectivity index (χ2v) is 7.61. The molecule has 1 aromatic carbocycles. The first-order chi connectivity index (χ1) is 13.0. The van der Waals surface area contributed by atoms with Gasteiger partial charge in [0.15, 0.2) is 0 Å². The molecule has 0 saturated heterocycles. The Morgan fingerprint density at radius 1 is 1.30 bits per heavy atom. The smallest absolute Gasteiger partial charge is 0.288 e. The Bertz CT molecular complexity index is 896. The summed E-state index contributed by atoms with van der Waals surface area (Å²) in [5, 5.41) is 8.89. The number of hydrogen-bond donors (Lipinski definition) is 2. The fraction of sp³-hybridized carbons (Fsp3) is 0.222. The first-order valence-corrected chi connectivity index (χ1v) is 10.0. The molecule has 27 heavy (non-hydrogen) atoms. The molecule has 0 aliphatic carbocycles. The molecule has 3 aromatic rings. The summed E-state index contributed by atoms with van der Waals surface area (Å²) in [4.78, 5) is 12.8. The molecule has 0 fully saturated rings. The van der Waals surface area contributed by atoms with Crippen molar-refractivity contribution >= 4 is 34.8 Å². The summed E-state index contributed by atoms with van der Waals surface area (Å²) in [7, 11) is 0. The minimum atomic E-state index is -2.55. The number of aryl methyl sites for hydroxylation is 1. The minimum Gasteiger partial charge on any atom is -0.384 e. The van der Waals surface area contributed by atoms with Gasteiger partial charge in [-0.1, -0.05) is 30.0 Å². The third kappa shape index (κ3) is 5.08. The second-order valence-electron chi connectivity index (χ2n) is 5.66. The number of thioether (sulfide) groups is 1. The number of alkyl halides is 2. The van der Waals surface area contributed by atoms with Gasteiger partial charge in [-0.15, -0.1) is 11.3 Å². The summed E-state index contributed by atoms with van der Waals surface area (Å²) in [5.74, 6) is -2.33. The monoisotopic (exact) mass is 408 g/mol. The Kier molecular flexibility index (Phi) is 6.46. The molecule has 0 atom stereocenters. The highest BCUT2D eigenvalue weighted by Crippen LogP contribution is 2.31. The molecule has 0 aliphatic rings. The number of nitrogens with zero attached hydrogens (tertiary/aromatic N) is 2. The summed E-state index contributed by atoms with van der Waals surface area (Å²) in [6.07, 6.45) is 1.31. The molecule has 5 nitrogen and oxygen atoms in total. The summed E-state index contributed by atoms with van der Waals surface area (Å²) >= 11 is 1.55. The number of para-hydroxylation sites is 1. The number of aromatic nitrogens is 2. The lowest BCUT2D eigenvalue weighted by atomic mass is 10.2. The summed E-state index contributed by atoms with van der Waals surface area (Å²) in [5.41, 5.74) is 7.73. The van der Waals surface area contributed by atoms with Crippen molar-refractivity contribution < 1.29 is 13.6 Å². The number of nitrogens with two attached hydrogens (primary N) is 1. The van der Waals surface area contributed by atoms with Crippen LogP contribution in [0, 0.1) is 0 Å². The van der Waals surface area contributed by atoms with E-state index in [2.05, 4.69) is 10.4 Å². The number of amides is 1. The van der Waals surface area contributed by atoms with Gasteiger partial charge in [0.1, 0.15) is 10.7 Å². The number of nitrogen functional groups attached to an aromatic ring is 1. The Morgan fingerprint density at radius 3 is 2.81 bits per heavy atom. The van der Waals surface area contributed by atoms with Crippen LogP contribution in [0.4, 0.5) is 14.6 Å². The van der Waals surface area contributed by atoms with E-state index in [0.717, 1.165) is 22.7 Å². The van der Waals surface area contributed by atoms with Gasteiger partial charge in [0.2, 0.25) is 0 Å². The Morgan fingerprint density at radius 2 is 2.07 bits per heavy atom. The zero-order valence-electron chi connectivity index (χ0n) is 14.3. The van der Waals surface area contributed by atoms with Crippen molar-refractivity contribution in [1.29, 1.82) is 0 Å². The molecule has 1 amide bonds. The minimum absolute atomic E-state index is 0.307. The number of thiophene rings is 1. The summed E-state index contributed by atoms with van der Waals surface area (Å²) in [6.45, 7) is 0.424. The van der Waals surface area contributed by atoms with Crippen LogP contribution in [0.5, 0.6) is 0 Å². The van der Waals surface area contributed by atoms with Gasteiger partial charge in [0.05, 0.1) is 11.4 Å². The zero-order valence-corrected chi connectivity index (χ0v) is 15.9. The van der Waals surface area contributed by atoms with Crippen molar-refractivity contribution in [3.05, 3.63) is 58.4 Å². The van der Waals surface area contributed by atoms with Crippen LogP contribution < -0.4 is 11.1 Å². The molecule has 0 saturated carbocycles. The Hall–Kier alpha value is -2.39. The number of anilines is 1. The van der Waals surface area contributed by atoms with Gasteiger partial charge in [0, 0.05) is 17.5 Å². The average molecular weight is 408 g/mol. The van der Waals surface area contributed by atoms with Crippen LogP contribution in [-0.4, -0.2) is 28.0 Å². The fourth-order valence-electron chi connectivity index (χ4n) is 2.55. The van der Waals surface area contributed by atoms with Crippen molar-refractivity contribution in [1.82, 2.24) is 15.1 Å². The molecular weight excluding hydrogens is 390 g/mol. The van der Waals surface area contributed by atoms with Crippen LogP contribution in [0.2, 0.25) is 0 Å². The first-order valence-electron chi connectivity index (χ1n) is 8.25. The molecule has 0 aliphatic heterocycles. The Balaban J connectivity index is 1.51. The Labute approximate surface area is 163 Å². The molecule has 0 unspecified atom stereocenters. The quantitative estimate of drug-likeness (QED) is 0.433. The molecule has 3 rings (SSSR count). The van der Waals surface area contributed by atoms with E-state index in [-0.39, 0.29) is 5.91 Å². The molecule has 9 heteroatoms. The number of rotatable bonds is 8. The van der Waals surface area contributed by atoms with Crippen LogP contribution in [0.25, 0.3) is 5.69 Å². The second kappa shape index (κ2) is 9.01. The molecule has 2 aromatic heterocycles. The molecule has 3 N–H and O–H groups in total. The third-order valence-corrected chi connectivity index (χ3v) is 5.55. The summed E-state index contributed by atoms with van der Waals surface area (Å²) < 4.78 is 26.7. The van der Waals surface area contributed by atoms with E-state index in [4.69, 9.17) is 5.73 Å². The number of carbonyl (C=O) groups is 1. The highest BCUT2D eigenvalue weighted by Gasteiger charge is 2.17. The van der Waals surface area contributed by atoms with Crippen LogP contribution >= 0.6 is 23.1 Å². The first kappa shape index (κ1) is 19.4. The molecule has 0 radical (unpaired) electrons. The lowest BCUT2D eigenvalue weighted by Gasteiger charge is -2.05. The van der Waals surface area contributed by atoms with Crippen LogP contribution in [-0.2, 0) is 6.42 Å². The van der Waals surface area contributed by atoms with Crippen LogP contribution in [0.1, 0.15) is 21.8 Å². The zero-order chi connectivity index (χ0) is 19.2. The highest BCUT2D eigenvalue weighted by molar-refractivity contribution is 7.99. The molecule has 2 heterocycles. The molecule has 0 bridgehead atoms. The van der Waals surface area contributed by atoms with E-state index in [1.165, 1.54) is 6.07 Å². The maximum Gasteiger partial charge on any atom is 0.288 e. The number of carbonyl (C=O) groups excluding carboxylic acids is 1. The fourth-order valence-corrected chi connectivity index (χ4v) is 4.17. The maximum absolute atomic E-state index is 12.5. The lowest BCUT2D eigenvalue weighted by Crippen LogP contribution is -2.24. The van der Waals surface area contributed by atoms with E-state index in [1.807, 2.05) is 36.4 Å². The van der Waals surface area contributed by atoms with Crippen molar-refractivity contribution in [2.75, 3.05) is 12.3 Å². The average Bonchev–Trinajstić information content (AvgIpc) is 3.25. The van der Waals surface area contributed by atoms with Gasteiger partial charge >= 0.3 is 0 Å². The van der Waals surface area contributed by atoms with Crippen molar-refractivity contribution in [2.45, 2.75) is 23.5 Å². The number of halogens is 2. The number of hydrogen-bond acceptors (Lipinski definition) is 5. The van der Waals surface area contributed by atoms with Gasteiger partial charge in [-0.05, 0) is 36.4 Å². The molecular formula is C18H18F2N4OS2. The van der Waals surface area contributed by atoms with Gasteiger partial charge in [-0.25, -0.2) is 4.68 Å². The van der Waals surface area contributed by atoms with E-state index >= 15 is 0 Å². The van der Waals surface area contributed by atoms with Crippen molar-refractivity contribution in [3.63, 3.8) is 0 Å². The van der Waals surface area contributed by atoms with E-state index in [9.17, 15) is 13.6 Å². The van der Waals surface area contributed by atoms with Gasteiger partial charge in [-0.3, -0.25) is 4.79 Å². The highest BCUT2D eigenvalue weighted by atomic mass is 32.2. The largest absolute Gasteiger partial charge is 0.384 e. The topological polar surface area (TPSA) is 72.9 Å². The van der Waals surface area contributed by atoms with Crippen molar-refractivity contribution in [2.24, 2.45) is 0 Å². The summed E-state index contributed by atoms with van der Waals surface area (Å²) in [6, 6.07) is 12.9. The predicted octanol–water partition coefficient (Wildman–Crippen LogP) is 4.19. The maximum atomic E-state index is 12.5. The van der Waals surface area contributed by atoms with E-state index in [0.29, 0.717) is 46.7 Å². The van der Waals surface area contributed by atoms with Crippen LogP contribution in [0.15, 0.2) is 52.7 Å². The van der Waals surface area contributed by atoms with Gasteiger partial charge in [0.25, 0.3) is 11.7 Å². The van der Waals surface area contributed by atoms with Crippen molar-refractivity contribution in [3.8, 4) is 5.69 Å². The molecule has 0 spiro atoms. The van der Waals surface area contributed by atoms with Crippen LogP contribution in [0.3, 0.4) is 0 Å². The van der Waals surface area contributed by atoms with Gasteiger partial charge in [-0.2, -0.15) is 13.9 Å². The lowest BCUT2D eigenvalue weighted by molar-refractivity contribution is 0.0954. The number of nitrogens with one attached hydrogen (secondary N) is 1. The standard InChI is InChI=1S/C18H18F2N4OS2/c19-18(20)27-14-8-10-26-16(14)17(25)22-9-4-5-12-11-15(21)24(23-12)13-6-2-1-3-7-13/h1-3,6-8,10-11,18H,4-5,9,21H2,(H,22,25). The third-order valence-electron chi connectivity index (χ3n) is 3.73. The van der Waals surface area contributed by atoms with E-state index in [1.54, 1.807) is 10.1 Å². The molecule has 142 valence electrons. The SMILES string of the molecule is Nc1cc(CCCNC(=O)c2sccc2SC(F)F)nn1-c1ccccc1.